The van der Waals surface area contributed by atoms with Gasteiger partial charge in [-0.25, -0.2) is 18.1 Å². The van der Waals surface area contributed by atoms with E-state index < -0.39 is 29.3 Å². The van der Waals surface area contributed by atoms with Crippen LogP contribution in [-0.4, -0.2) is 18.9 Å². The number of anilines is 2. The smallest absolute Gasteiger partial charge is 0.282 e. The van der Waals surface area contributed by atoms with Gasteiger partial charge in [0.1, 0.15) is 28.9 Å². The summed E-state index contributed by atoms with van der Waals surface area (Å²) in [6, 6.07) is 14.1. The lowest BCUT2D eigenvalue weighted by Gasteiger charge is -2.16. The number of methoxy groups -OCH3 is 1. The van der Waals surface area contributed by atoms with Crippen LogP contribution in [0.3, 0.4) is 0 Å². The molecule has 0 aromatic heterocycles. The summed E-state index contributed by atoms with van der Waals surface area (Å²) in [4.78, 5) is 27.0. The second kappa shape index (κ2) is 7.98. The average Bonchev–Trinajstić information content (AvgIpc) is 2.99. The van der Waals surface area contributed by atoms with Gasteiger partial charge in [-0.15, -0.1) is 0 Å². The molecule has 0 atom stereocenters. The highest BCUT2D eigenvalue weighted by atomic mass is 19.1. The van der Waals surface area contributed by atoms with E-state index in [2.05, 4.69) is 5.32 Å². The molecule has 1 heterocycles. The van der Waals surface area contributed by atoms with Crippen molar-refractivity contribution in [3.63, 3.8) is 0 Å². The van der Waals surface area contributed by atoms with Crippen LogP contribution >= 0.6 is 0 Å². The van der Waals surface area contributed by atoms with Crippen molar-refractivity contribution in [1.82, 2.24) is 0 Å². The van der Waals surface area contributed by atoms with Gasteiger partial charge in [0, 0.05) is 11.8 Å². The highest BCUT2D eigenvalue weighted by Crippen LogP contribution is 2.35. The molecular weight excluding hydrogens is 409 g/mol. The monoisotopic (exact) mass is 424 g/mol. The van der Waals surface area contributed by atoms with E-state index in [1.54, 1.807) is 24.3 Å². The number of hydrogen-bond acceptors (Lipinski definition) is 4. The molecule has 0 radical (unpaired) electrons. The highest BCUT2D eigenvalue weighted by molar-refractivity contribution is 6.46. The number of ether oxygens (including phenoxy) is 1. The molecular formula is C23H15F3N2O3. The molecule has 3 aromatic carbocycles. The molecule has 1 N–H and O–H groups in total. The number of carbonyl (C=O) groups is 2. The van der Waals surface area contributed by atoms with Gasteiger partial charge < -0.3 is 10.1 Å². The predicted octanol–water partition coefficient (Wildman–Crippen LogP) is 4.51. The molecule has 0 aliphatic carbocycles. The first-order valence-corrected chi connectivity index (χ1v) is 9.14. The minimum absolute atomic E-state index is 0.0132. The van der Waals surface area contributed by atoms with Crippen molar-refractivity contribution in [2.75, 3.05) is 17.3 Å². The summed E-state index contributed by atoms with van der Waals surface area (Å²) < 4.78 is 46.1. The van der Waals surface area contributed by atoms with Gasteiger partial charge in [-0.1, -0.05) is 12.1 Å². The molecule has 4 rings (SSSR count). The summed E-state index contributed by atoms with van der Waals surface area (Å²) in [6.07, 6.45) is 0. The van der Waals surface area contributed by atoms with Crippen LogP contribution in [0.4, 0.5) is 24.5 Å². The number of carbonyl (C=O) groups excluding carboxylic acids is 2. The summed E-state index contributed by atoms with van der Waals surface area (Å²) in [6.45, 7) is 0. The van der Waals surface area contributed by atoms with E-state index in [4.69, 9.17) is 4.74 Å². The predicted molar refractivity (Wildman–Crippen MR) is 109 cm³/mol. The first-order valence-electron chi connectivity index (χ1n) is 9.14. The van der Waals surface area contributed by atoms with Crippen molar-refractivity contribution >= 4 is 28.8 Å². The highest BCUT2D eigenvalue weighted by Gasteiger charge is 2.41. The van der Waals surface area contributed by atoms with Crippen LogP contribution in [-0.2, 0) is 9.59 Å². The number of rotatable bonds is 5. The first kappa shape index (κ1) is 20.2. The lowest BCUT2D eigenvalue weighted by Crippen LogP contribution is -2.33. The van der Waals surface area contributed by atoms with Crippen LogP contribution in [0, 0.1) is 17.5 Å². The van der Waals surface area contributed by atoms with Crippen LogP contribution in [0.25, 0.3) is 5.57 Å². The number of amides is 2. The average molecular weight is 424 g/mol. The van der Waals surface area contributed by atoms with E-state index in [-0.39, 0.29) is 17.0 Å². The Labute approximate surface area is 175 Å². The molecule has 0 saturated heterocycles. The standard InChI is InChI=1S/C23H15F3N2O3/c1-31-17-9-2-13(3-10-17)20-21(27-16-7-4-14(24)5-8-16)23(30)28(22(20)29)19-11-6-15(25)12-18(19)26/h2-12,27H,1H3. The van der Waals surface area contributed by atoms with Gasteiger partial charge in [-0.3, -0.25) is 9.59 Å². The molecule has 0 saturated carbocycles. The number of nitrogens with one attached hydrogen (secondary N) is 1. The van der Waals surface area contributed by atoms with Gasteiger partial charge >= 0.3 is 0 Å². The van der Waals surface area contributed by atoms with Gasteiger partial charge in [-0.2, -0.15) is 0 Å². The number of imide groups is 1. The van der Waals surface area contributed by atoms with Crippen LogP contribution in [0.5, 0.6) is 5.75 Å². The van der Waals surface area contributed by atoms with Crippen LogP contribution < -0.4 is 15.0 Å². The first-order chi connectivity index (χ1) is 14.9. The maximum absolute atomic E-state index is 14.4. The van der Waals surface area contributed by atoms with E-state index in [0.29, 0.717) is 28.0 Å². The molecule has 0 fully saturated rings. The SMILES string of the molecule is COc1ccc(C2=C(Nc3ccc(F)cc3)C(=O)N(c3ccc(F)cc3F)C2=O)cc1. The minimum Gasteiger partial charge on any atom is -0.497 e. The summed E-state index contributed by atoms with van der Waals surface area (Å²) >= 11 is 0. The second-order valence-electron chi connectivity index (χ2n) is 6.65. The van der Waals surface area contributed by atoms with Crippen LogP contribution in [0.15, 0.2) is 72.4 Å². The van der Waals surface area contributed by atoms with E-state index in [1.807, 2.05) is 0 Å². The normalized spacial score (nSPS) is 13.7. The molecule has 8 heteroatoms. The Kier molecular flexibility index (Phi) is 5.21. The van der Waals surface area contributed by atoms with E-state index in [9.17, 15) is 22.8 Å². The molecule has 156 valence electrons. The zero-order valence-electron chi connectivity index (χ0n) is 16.2. The fourth-order valence-electron chi connectivity index (χ4n) is 3.23. The molecule has 31 heavy (non-hydrogen) atoms. The largest absolute Gasteiger partial charge is 0.497 e. The van der Waals surface area contributed by atoms with Gasteiger partial charge in [0.05, 0.1) is 18.4 Å². The molecule has 2 amide bonds. The molecule has 1 aliphatic heterocycles. The van der Waals surface area contributed by atoms with Crippen molar-refractivity contribution in [3.8, 4) is 5.75 Å². The third-order valence-corrected chi connectivity index (χ3v) is 4.73. The van der Waals surface area contributed by atoms with Crippen LogP contribution in [0.2, 0.25) is 0 Å². The molecule has 3 aromatic rings. The Morgan fingerprint density at radius 2 is 1.45 bits per heavy atom. The fraction of sp³-hybridized carbons (Fsp3) is 0.0435. The van der Waals surface area contributed by atoms with Gasteiger partial charge in [0.15, 0.2) is 0 Å². The fourth-order valence-corrected chi connectivity index (χ4v) is 3.23. The maximum Gasteiger partial charge on any atom is 0.282 e. The Bertz CT molecular complexity index is 1210. The summed E-state index contributed by atoms with van der Waals surface area (Å²) in [5.74, 6) is -3.45. The van der Waals surface area contributed by atoms with Gasteiger partial charge in [-0.05, 0) is 54.1 Å². The third kappa shape index (κ3) is 3.75. The van der Waals surface area contributed by atoms with E-state index in [1.165, 1.54) is 31.4 Å². The summed E-state index contributed by atoms with van der Waals surface area (Å²) in [5, 5.41) is 2.83. The summed E-state index contributed by atoms with van der Waals surface area (Å²) in [5.41, 5.74) is 0.225. The lowest BCUT2D eigenvalue weighted by molar-refractivity contribution is -0.120. The molecule has 0 spiro atoms. The Morgan fingerprint density at radius 3 is 2.06 bits per heavy atom. The topological polar surface area (TPSA) is 58.6 Å². The van der Waals surface area contributed by atoms with Gasteiger partial charge in [0.2, 0.25) is 0 Å². The van der Waals surface area contributed by atoms with Crippen molar-refractivity contribution in [1.29, 1.82) is 0 Å². The minimum atomic E-state index is -1.06. The number of benzene rings is 3. The van der Waals surface area contributed by atoms with E-state index in [0.717, 1.165) is 12.1 Å². The maximum atomic E-state index is 14.4. The lowest BCUT2D eigenvalue weighted by atomic mass is 10.0. The molecule has 1 aliphatic rings. The Balaban J connectivity index is 1.82. The number of hydrogen-bond donors (Lipinski definition) is 1. The van der Waals surface area contributed by atoms with Crippen LogP contribution in [0.1, 0.15) is 5.56 Å². The Hall–Kier alpha value is -4.07. The summed E-state index contributed by atoms with van der Waals surface area (Å²) in [7, 11) is 1.49. The molecule has 0 bridgehead atoms. The van der Waals surface area contributed by atoms with Crippen molar-refractivity contribution in [3.05, 3.63) is 95.4 Å². The number of halogens is 3. The second-order valence-corrected chi connectivity index (χ2v) is 6.65. The zero-order valence-corrected chi connectivity index (χ0v) is 16.2. The zero-order chi connectivity index (χ0) is 22.1. The number of nitrogens with zero attached hydrogens (tertiary/aromatic N) is 1. The third-order valence-electron chi connectivity index (χ3n) is 4.73. The van der Waals surface area contributed by atoms with Crippen molar-refractivity contribution in [2.45, 2.75) is 0 Å². The molecule has 0 unspecified atom stereocenters. The van der Waals surface area contributed by atoms with E-state index >= 15 is 0 Å². The van der Waals surface area contributed by atoms with Crippen molar-refractivity contribution < 1.29 is 27.5 Å². The molecule has 5 nitrogen and oxygen atoms in total. The van der Waals surface area contributed by atoms with Gasteiger partial charge in [0.25, 0.3) is 11.8 Å². The Morgan fingerprint density at radius 1 is 0.806 bits per heavy atom. The van der Waals surface area contributed by atoms with Crippen molar-refractivity contribution in [2.24, 2.45) is 0 Å². The quantitative estimate of drug-likeness (QED) is 0.613.